The minimum absolute atomic E-state index is 0.328. The average molecular weight is 230 g/mol. The number of rotatable bonds is 1. The van der Waals surface area contributed by atoms with Crippen LogP contribution in [0.1, 0.15) is 12.6 Å². The van der Waals surface area contributed by atoms with Gasteiger partial charge in [-0.2, -0.15) is 0 Å². The predicted octanol–water partition coefficient (Wildman–Crippen LogP) is 0.472. The summed E-state index contributed by atoms with van der Waals surface area (Å²) in [6, 6.07) is 5.58. The van der Waals surface area contributed by atoms with Gasteiger partial charge in [0, 0.05) is 0 Å². The molecule has 3 nitrogen and oxygen atoms in total. The number of pyridine rings is 1. The Hall–Kier alpha value is -0.861. The monoisotopic (exact) mass is 231 g/mol. The van der Waals surface area contributed by atoms with Crippen LogP contribution in [0.3, 0.4) is 0 Å². The summed E-state index contributed by atoms with van der Waals surface area (Å²) >= 11 is 2.80. The van der Waals surface area contributed by atoms with Crippen LogP contribution >= 0.6 is 0 Å². The standard InChI is InChI=1S/C8H9NO2Se/c1-6-4-3-5-8(12)9(6)11-7(2)10/h3-5H,1-2H3. The molecular formula is C8H9NO2Se. The Labute approximate surface area is 78.3 Å². The first kappa shape index (κ1) is 9.23. The molecule has 1 rings (SSSR count). The van der Waals surface area contributed by atoms with E-state index in [2.05, 4.69) is 15.6 Å². The van der Waals surface area contributed by atoms with Gasteiger partial charge in [-0.15, -0.1) is 0 Å². The van der Waals surface area contributed by atoms with Crippen LogP contribution in [0, 0.1) is 11.1 Å². The van der Waals surface area contributed by atoms with E-state index in [9.17, 15) is 4.79 Å². The average Bonchev–Trinajstić information content (AvgIpc) is 1.97. The van der Waals surface area contributed by atoms with E-state index in [1.165, 1.54) is 11.7 Å². The quantitative estimate of drug-likeness (QED) is 0.657. The third-order valence-electron chi connectivity index (χ3n) is 1.32. The zero-order valence-corrected chi connectivity index (χ0v) is 8.62. The van der Waals surface area contributed by atoms with Gasteiger partial charge in [-0.25, -0.2) is 0 Å². The topological polar surface area (TPSA) is 31.2 Å². The van der Waals surface area contributed by atoms with Gasteiger partial charge in [0.25, 0.3) is 0 Å². The SMILES string of the molecule is CC(=O)On1c(C)cccc1=[Se]. The summed E-state index contributed by atoms with van der Waals surface area (Å²) in [5.41, 5.74) is 0.876. The van der Waals surface area contributed by atoms with Crippen LogP contribution in [-0.2, 0) is 4.79 Å². The predicted molar refractivity (Wildman–Crippen MR) is 45.4 cm³/mol. The van der Waals surface area contributed by atoms with Crippen LogP contribution in [0.25, 0.3) is 0 Å². The van der Waals surface area contributed by atoms with Crippen LogP contribution in [0.2, 0.25) is 0 Å². The fourth-order valence-corrected chi connectivity index (χ4v) is 1.37. The summed E-state index contributed by atoms with van der Waals surface area (Å²) in [6.07, 6.45) is 0. The summed E-state index contributed by atoms with van der Waals surface area (Å²) in [4.78, 5) is 15.6. The normalized spacial score (nSPS) is 9.50. The number of hydrogen-bond acceptors (Lipinski definition) is 2. The third-order valence-corrected chi connectivity index (χ3v) is 1.95. The summed E-state index contributed by atoms with van der Waals surface area (Å²) in [6.45, 7) is 3.24. The van der Waals surface area contributed by atoms with Gasteiger partial charge >= 0.3 is 77.8 Å². The molecule has 0 saturated heterocycles. The Morgan fingerprint density at radius 3 is 2.75 bits per heavy atom. The molecule has 0 amide bonds. The second kappa shape index (κ2) is 3.70. The summed E-state index contributed by atoms with van der Waals surface area (Å²) < 4.78 is 2.24. The van der Waals surface area contributed by atoms with Crippen LogP contribution in [-0.4, -0.2) is 26.3 Å². The summed E-state index contributed by atoms with van der Waals surface area (Å²) in [5.74, 6) is -0.328. The first-order valence-corrected chi connectivity index (χ1v) is 4.34. The van der Waals surface area contributed by atoms with Crippen molar-refractivity contribution >= 4 is 21.5 Å². The molecule has 0 saturated carbocycles. The first-order valence-electron chi connectivity index (χ1n) is 3.49. The van der Waals surface area contributed by atoms with Crippen LogP contribution in [0.15, 0.2) is 18.2 Å². The molecule has 0 radical (unpaired) electrons. The maximum atomic E-state index is 10.7. The Kier molecular flexibility index (Phi) is 2.84. The van der Waals surface area contributed by atoms with Crippen molar-refractivity contribution in [2.45, 2.75) is 13.8 Å². The molecule has 12 heavy (non-hydrogen) atoms. The molecule has 4 heteroatoms. The molecular weight excluding hydrogens is 221 g/mol. The van der Waals surface area contributed by atoms with Crippen LogP contribution < -0.4 is 4.84 Å². The van der Waals surface area contributed by atoms with E-state index in [1.807, 2.05) is 25.1 Å². The van der Waals surface area contributed by atoms with Crippen LogP contribution in [0.5, 0.6) is 0 Å². The van der Waals surface area contributed by atoms with Gasteiger partial charge < -0.3 is 0 Å². The molecule has 0 aromatic carbocycles. The molecule has 0 unspecified atom stereocenters. The molecule has 0 fully saturated rings. The van der Waals surface area contributed by atoms with Crippen molar-refractivity contribution in [1.29, 1.82) is 0 Å². The van der Waals surface area contributed by atoms with Crippen LogP contribution in [0.4, 0.5) is 0 Å². The number of hydrogen-bond donors (Lipinski definition) is 0. The van der Waals surface area contributed by atoms with E-state index in [4.69, 9.17) is 4.84 Å². The van der Waals surface area contributed by atoms with Gasteiger partial charge in [0.05, 0.1) is 0 Å². The van der Waals surface area contributed by atoms with E-state index in [1.54, 1.807) is 0 Å². The second-order valence-corrected chi connectivity index (χ2v) is 3.26. The number of aryl methyl sites for hydroxylation is 1. The molecule has 0 aliphatic carbocycles. The van der Waals surface area contributed by atoms with E-state index < -0.39 is 0 Å². The van der Waals surface area contributed by atoms with Crippen molar-refractivity contribution < 1.29 is 9.63 Å². The Morgan fingerprint density at radius 2 is 2.25 bits per heavy atom. The van der Waals surface area contributed by atoms with Gasteiger partial charge in [-0.1, -0.05) is 0 Å². The molecule has 0 bridgehead atoms. The fourth-order valence-electron chi connectivity index (χ4n) is 0.824. The Morgan fingerprint density at radius 1 is 1.58 bits per heavy atom. The van der Waals surface area contributed by atoms with E-state index >= 15 is 0 Å². The van der Waals surface area contributed by atoms with Gasteiger partial charge in [0.15, 0.2) is 0 Å². The molecule has 1 aromatic rings. The van der Waals surface area contributed by atoms with Crippen molar-refractivity contribution in [3.63, 3.8) is 0 Å². The zero-order valence-electron chi connectivity index (χ0n) is 6.90. The molecule has 1 heterocycles. The van der Waals surface area contributed by atoms with E-state index in [0.29, 0.717) is 0 Å². The van der Waals surface area contributed by atoms with E-state index in [0.717, 1.165) is 9.89 Å². The molecule has 0 N–H and O–H groups in total. The zero-order chi connectivity index (χ0) is 9.14. The number of carbonyl (C=O) groups is 1. The van der Waals surface area contributed by atoms with Gasteiger partial charge in [0.1, 0.15) is 0 Å². The Bertz CT molecular complexity index is 356. The second-order valence-electron chi connectivity index (χ2n) is 2.38. The molecule has 0 atom stereocenters. The fraction of sp³-hybridized carbons (Fsp3) is 0.250. The molecule has 0 aliphatic rings. The summed E-state index contributed by atoms with van der Waals surface area (Å²) in [5, 5.41) is 0. The molecule has 64 valence electrons. The number of aromatic nitrogens is 1. The van der Waals surface area contributed by atoms with Crippen molar-refractivity contribution in [1.82, 2.24) is 4.73 Å². The number of carbonyl (C=O) groups excluding carboxylic acids is 1. The van der Waals surface area contributed by atoms with Crippen molar-refractivity contribution in [2.75, 3.05) is 0 Å². The molecule has 0 spiro atoms. The van der Waals surface area contributed by atoms with Gasteiger partial charge in [-0.05, 0) is 0 Å². The number of nitrogens with zero attached hydrogens (tertiary/aromatic N) is 1. The van der Waals surface area contributed by atoms with Crippen molar-refractivity contribution in [2.24, 2.45) is 0 Å². The van der Waals surface area contributed by atoms with Gasteiger partial charge in [0.2, 0.25) is 0 Å². The minimum atomic E-state index is -0.328. The summed E-state index contributed by atoms with van der Waals surface area (Å²) in [7, 11) is 0. The molecule has 1 aromatic heterocycles. The van der Waals surface area contributed by atoms with E-state index in [-0.39, 0.29) is 5.97 Å². The van der Waals surface area contributed by atoms with Crippen molar-refractivity contribution in [3.05, 3.63) is 28.1 Å². The maximum absolute atomic E-state index is 10.7. The first-order chi connectivity index (χ1) is 5.61. The molecule has 0 aliphatic heterocycles. The van der Waals surface area contributed by atoms with Crippen molar-refractivity contribution in [3.8, 4) is 0 Å². The third kappa shape index (κ3) is 2.06. The van der Waals surface area contributed by atoms with Gasteiger partial charge in [-0.3, -0.25) is 0 Å². The Balaban J connectivity index is 3.13.